The van der Waals surface area contributed by atoms with Crippen molar-refractivity contribution < 1.29 is 14.3 Å². The molecular formula is C12H18BrClO3. The van der Waals surface area contributed by atoms with E-state index in [-0.39, 0.29) is 5.38 Å². The first-order valence-corrected chi connectivity index (χ1v) is 6.48. The van der Waals surface area contributed by atoms with Gasteiger partial charge in [0.25, 0.3) is 5.78 Å². The van der Waals surface area contributed by atoms with Crippen molar-refractivity contribution in [3.05, 3.63) is 12.2 Å². The van der Waals surface area contributed by atoms with Crippen LogP contribution in [0.3, 0.4) is 0 Å². The van der Waals surface area contributed by atoms with Gasteiger partial charge in [0.2, 0.25) is 0 Å². The van der Waals surface area contributed by atoms with Crippen molar-refractivity contribution in [2.24, 2.45) is 0 Å². The van der Waals surface area contributed by atoms with E-state index in [1.165, 1.54) is 6.08 Å². The van der Waals surface area contributed by atoms with E-state index in [9.17, 15) is 9.59 Å². The van der Waals surface area contributed by atoms with E-state index in [0.29, 0.717) is 0 Å². The second kappa shape index (κ2) is 6.01. The Balaban J connectivity index is 4.56. The molecule has 0 aromatic heterocycles. The van der Waals surface area contributed by atoms with Gasteiger partial charge < -0.3 is 4.74 Å². The van der Waals surface area contributed by atoms with Crippen molar-refractivity contribution in [2.75, 3.05) is 0 Å². The van der Waals surface area contributed by atoms with Crippen LogP contribution in [-0.4, -0.2) is 27.1 Å². The molecule has 98 valence electrons. The maximum Gasteiger partial charge on any atom is 0.379 e. The van der Waals surface area contributed by atoms with Crippen molar-refractivity contribution in [1.82, 2.24) is 0 Å². The second-order valence-electron chi connectivity index (χ2n) is 4.97. The minimum absolute atomic E-state index is 0.217. The lowest BCUT2D eigenvalue weighted by atomic mass is 10.1. The molecule has 0 spiro atoms. The fraction of sp³-hybridized carbons (Fsp3) is 0.667. The molecule has 0 saturated heterocycles. The van der Waals surface area contributed by atoms with E-state index in [2.05, 4.69) is 15.9 Å². The summed E-state index contributed by atoms with van der Waals surface area (Å²) in [5, 5.41) is -0.217. The third kappa shape index (κ3) is 6.84. The highest BCUT2D eigenvalue weighted by Gasteiger charge is 2.25. The Morgan fingerprint density at radius 3 is 2.12 bits per heavy atom. The molecule has 0 fully saturated rings. The zero-order valence-electron chi connectivity index (χ0n) is 10.7. The lowest BCUT2D eigenvalue weighted by Gasteiger charge is -2.21. The Morgan fingerprint density at radius 2 is 1.76 bits per heavy atom. The Hall–Kier alpha value is -0.350. The minimum Gasteiger partial charge on any atom is -0.454 e. The summed E-state index contributed by atoms with van der Waals surface area (Å²) in [6.07, 6.45) is 2.73. The highest BCUT2D eigenvalue weighted by molar-refractivity contribution is 9.10. The van der Waals surface area contributed by atoms with Gasteiger partial charge in [-0.15, -0.1) is 11.6 Å². The van der Waals surface area contributed by atoms with Crippen molar-refractivity contribution in [3.8, 4) is 0 Å². The van der Waals surface area contributed by atoms with Crippen LogP contribution in [0.5, 0.6) is 0 Å². The molecule has 0 N–H and O–H groups in total. The van der Waals surface area contributed by atoms with Gasteiger partial charge in [0.1, 0.15) is 5.60 Å². The molecule has 3 nitrogen and oxygen atoms in total. The summed E-state index contributed by atoms with van der Waals surface area (Å²) in [5.74, 6) is -1.55. The van der Waals surface area contributed by atoms with Gasteiger partial charge in [0.05, 0.1) is 4.32 Å². The largest absolute Gasteiger partial charge is 0.454 e. The summed E-state index contributed by atoms with van der Waals surface area (Å²) in [5.41, 5.74) is -0.669. The second-order valence-corrected chi connectivity index (χ2v) is 7.33. The first-order chi connectivity index (χ1) is 7.46. The van der Waals surface area contributed by atoms with Gasteiger partial charge in [0.15, 0.2) is 0 Å². The molecule has 0 bridgehead atoms. The summed E-state index contributed by atoms with van der Waals surface area (Å²) in [4.78, 5) is 22.8. The van der Waals surface area contributed by atoms with Crippen LogP contribution in [0.25, 0.3) is 0 Å². The monoisotopic (exact) mass is 324 g/mol. The number of esters is 1. The van der Waals surface area contributed by atoms with E-state index in [1.54, 1.807) is 33.8 Å². The fourth-order valence-corrected chi connectivity index (χ4v) is 0.973. The lowest BCUT2D eigenvalue weighted by molar-refractivity contribution is -0.160. The molecule has 0 rings (SSSR count). The Labute approximate surface area is 116 Å². The van der Waals surface area contributed by atoms with E-state index in [4.69, 9.17) is 16.3 Å². The van der Waals surface area contributed by atoms with Crippen LogP contribution in [-0.2, 0) is 14.3 Å². The highest BCUT2D eigenvalue weighted by atomic mass is 79.9. The van der Waals surface area contributed by atoms with E-state index >= 15 is 0 Å². The Kier molecular flexibility index (Phi) is 5.88. The molecule has 0 amide bonds. The first kappa shape index (κ1) is 16.6. The number of ketones is 1. The maximum atomic E-state index is 11.5. The number of hydrogen-bond donors (Lipinski definition) is 0. The molecule has 5 heteroatoms. The summed E-state index contributed by atoms with van der Waals surface area (Å²) in [6, 6.07) is 0. The van der Waals surface area contributed by atoms with E-state index in [1.807, 2.05) is 6.92 Å². The molecule has 0 aliphatic carbocycles. The number of halogens is 2. The third-order valence-electron chi connectivity index (χ3n) is 1.94. The van der Waals surface area contributed by atoms with Gasteiger partial charge in [-0.2, -0.15) is 0 Å². The van der Waals surface area contributed by atoms with Crippen LogP contribution in [0.2, 0.25) is 0 Å². The zero-order chi connectivity index (χ0) is 13.9. The van der Waals surface area contributed by atoms with Crippen LogP contribution >= 0.6 is 27.5 Å². The zero-order valence-corrected chi connectivity index (χ0v) is 13.1. The number of rotatable bonds is 4. The average Bonchev–Trinajstić information content (AvgIpc) is 2.11. The van der Waals surface area contributed by atoms with Gasteiger partial charge in [-0.05, 0) is 40.7 Å². The summed E-state index contributed by atoms with van der Waals surface area (Å²) < 4.78 is 4.40. The number of ether oxygens (including phenoxy) is 1. The highest BCUT2D eigenvalue weighted by Crippen LogP contribution is 2.27. The minimum atomic E-state index is -0.862. The number of carbonyl (C=O) groups is 2. The number of allylic oxidation sites excluding steroid dienone is 1. The first-order valence-electron chi connectivity index (χ1n) is 5.25. The Morgan fingerprint density at radius 1 is 1.29 bits per heavy atom. The SMILES string of the molecule is CC(Cl)[C@](C)(Br)/C=C/C(=O)C(=O)OC(C)(C)C. The normalized spacial score (nSPS) is 17.6. The molecule has 17 heavy (non-hydrogen) atoms. The predicted octanol–water partition coefficient (Wildman–Crippen LogP) is 3.23. The number of alkyl halides is 2. The Bertz CT molecular complexity index is 327. The van der Waals surface area contributed by atoms with Crippen molar-refractivity contribution in [2.45, 2.75) is 49.9 Å². The molecule has 1 unspecified atom stereocenters. The van der Waals surface area contributed by atoms with Gasteiger partial charge in [0, 0.05) is 5.38 Å². The molecule has 0 aromatic carbocycles. The summed E-state index contributed by atoms with van der Waals surface area (Å²) >= 11 is 9.28. The van der Waals surface area contributed by atoms with Gasteiger partial charge in [-0.25, -0.2) is 4.79 Å². The molecule has 2 atom stereocenters. The molecule has 0 radical (unpaired) electrons. The molecule has 0 heterocycles. The average molecular weight is 326 g/mol. The van der Waals surface area contributed by atoms with Gasteiger partial charge >= 0.3 is 5.97 Å². The van der Waals surface area contributed by atoms with E-state index < -0.39 is 21.7 Å². The maximum absolute atomic E-state index is 11.5. The topological polar surface area (TPSA) is 43.4 Å². The molecule has 0 aromatic rings. The molecule has 0 aliphatic rings. The molecular weight excluding hydrogens is 307 g/mol. The lowest BCUT2D eigenvalue weighted by Crippen LogP contribution is -2.29. The smallest absolute Gasteiger partial charge is 0.379 e. The summed E-state index contributed by atoms with van der Waals surface area (Å²) in [7, 11) is 0. The van der Waals surface area contributed by atoms with Gasteiger partial charge in [-0.1, -0.05) is 22.0 Å². The summed E-state index contributed by atoms with van der Waals surface area (Å²) in [6.45, 7) is 8.72. The number of hydrogen-bond acceptors (Lipinski definition) is 3. The number of carbonyl (C=O) groups excluding carboxylic acids is 2. The van der Waals surface area contributed by atoms with Crippen LogP contribution in [0.4, 0.5) is 0 Å². The van der Waals surface area contributed by atoms with Crippen LogP contribution < -0.4 is 0 Å². The molecule has 0 aliphatic heterocycles. The molecule has 0 saturated carbocycles. The van der Waals surface area contributed by atoms with Crippen molar-refractivity contribution >= 4 is 39.3 Å². The van der Waals surface area contributed by atoms with Crippen LogP contribution in [0.15, 0.2) is 12.2 Å². The third-order valence-corrected chi connectivity index (χ3v) is 3.61. The van der Waals surface area contributed by atoms with Crippen molar-refractivity contribution in [3.63, 3.8) is 0 Å². The van der Waals surface area contributed by atoms with E-state index in [0.717, 1.165) is 0 Å². The quantitative estimate of drug-likeness (QED) is 0.345. The standard InChI is InChI=1S/C12H18BrClO3/c1-8(14)12(5,13)7-6-9(15)10(16)17-11(2,3)4/h6-8H,1-5H3/b7-6+/t8?,12-/m1/s1. The van der Waals surface area contributed by atoms with Crippen LogP contribution in [0, 0.1) is 0 Å². The van der Waals surface area contributed by atoms with Crippen LogP contribution in [0.1, 0.15) is 34.6 Å². The van der Waals surface area contributed by atoms with Gasteiger partial charge in [-0.3, -0.25) is 4.79 Å². The van der Waals surface area contributed by atoms with Crippen molar-refractivity contribution in [1.29, 1.82) is 0 Å². The fourth-order valence-electron chi connectivity index (χ4n) is 0.768. The predicted molar refractivity (Wildman–Crippen MR) is 72.6 cm³/mol.